The van der Waals surface area contributed by atoms with Crippen molar-refractivity contribution in [3.8, 4) is 17.6 Å². The molecule has 2 fully saturated rings. The Kier molecular flexibility index (Phi) is 17.4. The number of imide groups is 1. The number of anilines is 1. The Balaban J connectivity index is 1.03. The minimum Gasteiger partial charge on any atom is -0.496 e. The summed E-state index contributed by atoms with van der Waals surface area (Å²) in [6.45, 7) is 10.6. The van der Waals surface area contributed by atoms with Gasteiger partial charge in [-0.05, 0) is 102 Å². The van der Waals surface area contributed by atoms with Crippen LogP contribution in [0.3, 0.4) is 0 Å². The first-order valence-electron chi connectivity index (χ1n) is 24.2. The molecule has 5 N–H and O–H groups in total. The van der Waals surface area contributed by atoms with Gasteiger partial charge in [-0.15, -0.1) is 0 Å². The summed E-state index contributed by atoms with van der Waals surface area (Å²) >= 11 is 14.4. The van der Waals surface area contributed by atoms with Gasteiger partial charge in [0.15, 0.2) is 0 Å². The number of methoxy groups -OCH3 is 1. The molecule has 5 atom stereocenters. The maximum absolute atomic E-state index is 15.4. The maximum atomic E-state index is 15.4. The number of carbonyl (C=O) groups excluding carboxylic acids is 6. The van der Waals surface area contributed by atoms with Crippen molar-refractivity contribution in [2.45, 2.75) is 115 Å². The van der Waals surface area contributed by atoms with E-state index in [0.717, 1.165) is 16.7 Å². The van der Waals surface area contributed by atoms with Crippen LogP contribution in [0.5, 0.6) is 5.75 Å². The number of unbranched alkanes of at least 4 members (excludes halogenated alkanes) is 1. The van der Waals surface area contributed by atoms with Crippen LogP contribution in [-0.2, 0) is 25.7 Å². The quantitative estimate of drug-likeness (QED) is 0.0199. The monoisotopic (exact) mass is 1030 g/mol. The molecular weight excluding hydrogens is 974 g/mol. The topological polar surface area (TPSA) is 193 Å². The number of ether oxygens (including phenoxy) is 1. The Hall–Kier alpha value is -6.34. The summed E-state index contributed by atoms with van der Waals surface area (Å²) in [6, 6.07) is 23.7. The number of amidine groups is 1. The molecule has 3 aliphatic heterocycles. The second-order valence-corrected chi connectivity index (χ2v) is 21.6. The van der Waals surface area contributed by atoms with Crippen molar-refractivity contribution in [1.82, 2.24) is 20.4 Å². The summed E-state index contributed by atoms with van der Waals surface area (Å²) in [7, 11) is 1.44. The highest BCUT2D eigenvalue weighted by molar-refractivity contribution is 7.98. The first-order valence-corrected chi connectivity index (χ1v) is 25.8. The minimum atomic E-state index is -1.18. The lowest BCUT2D eigenvalue weighted by atomic mass is 9.66. The van der Waals surface area contributed by atoms with Crippen LogP contribution in [0.2, 0.25) is 10.0 Å². The fourth-order valence-electron chi connectivity index (χ4n) is 9.84. The number of carbonyl (C=O) groups is 6. The maximum Gasteiger partial charge on any atom is 0.255 e. The van der Waals surface area contributed by atoms with Gasteiger partial charge >= 0.3 is 0 Å². The number of fused-ring (bicyclic) bond motifs is 1. The van der Waals surface area contributed by atoms with Crippen molar-refractivity contribution < 1.29 is 33.5 Å². The van der Waals surface area contributed by atoms with Gasteiger partial charge in [-0.25, -0.2) is 4.40 Å². The van der Waals surface area contributed by atoms with Gasteiger partial charge in [-0.3, -0.25) is 34.1 Å². The third kappa shape index (κ3) is 12.5. The van der Waals surface area contributed by atoms with Crippen molar-refractivity contribution in [2.24, 2.45) is 21.5 Å². The van der Waals surface area contributed by atoms with Gasteiger partial charge in [-0.1, -0.05) is 100.0 Å². The van der Waals surface area contributed by atoms with E-state index in [1.54, 1.807) is 30.3 Å². The highest BCUT2D eigenvalue weighted by Crippen LogP contribution is 2.53. The van der Waals surface area contributed by atoms with Crippen molar-refractivity contribution in [3.63, 3.8) is 0 Å². The Labute approximate surface area is 435 Å². The molecule has 17 heteroatoms. The molecular formula is C55H61Cl2N7O7S. The van der Waals surface area contributed by atoms with Gasteiger partial charge in [0.2, 0.25) is 23.6 Å². The van der Waals surface area contributed by atoms with Crippen LogP contribution < -0.4 is 26.4 Å². The number of nitrogens with two attached hydrogens (primary N) is 1. The summed E-state index contributed by atoms with van der Waals surface area (Å²) in [5, 5.41) is 9.55. The van der Waals surface area contributed by atoms with Crippen LogP contribution in [0.1, 0.15) is 134 Å². The van der Waals surface area contributed by atoms with Gasteiger partial charge in [0, 0.05) is 88.9 Å². The van der Waals surface area contributed by atoms with Crippen LogP contribution in [0, 0.1) is 23.2 Å². The third-order valence-electron chi connectivity index (χ3n) is 13.4. The molecule has 0 radical (unpaired) electrons. The van der Waals surface area contributed by atoms with E-state index in [1.165, 1.54) is 24.0 Å². The predicted molar refractivity (Wildman–Crippen MR) is 283 cm³/mol. The standard InChI is InChI=1S/C55H61Cl2N7O7S/c1-32(2)45(28-47(58)62-72-33(3)4)64-50(35-17-19-37(56)20-18-35)42(36-14-10-15-38(57)26-36)29-55(5,54(64)70)30-49(66)60-39-21-22-41(46(27-39)71-6)51(67)59-25-9-7-8-12-34-13-11-16-40-43(34)31-63(53(40)69)44-23-24-48(65)61-52(44)68/h10-11,13-22,26-27,32-33,42,44-45,50H,7,9,23-25,28-31H2,1-6H3,(H2,58,62)(H,59,67)(H,60,66)(H,61,65,68)/t42-,44?,45?,50-,55-/m1/s1. The van der Waals surface area contributed by atoms with Crippen molar-refractivity contribution in [1.29, 1.82) is 0 Å². The molecule has 3 aliphatic rings. The second kappa shape index (κ2) is 23.5. The van der Waals surface area contributed by atoms with E-state index in [2.05, 4.69) is 46.0 Å². The van der Waals surface area contributed by atoms with Crippen LogP contribution in [0.25, 0.3) is 0 Å². The first-order chi connectivity index (χ1) is 34.4. The number of piperidine rings is 2. The molecule has 4 aromatic rings. The van der Waals surface area contributed by atoms with Gasteiger partial charge in [0.05, 0.1) is 24.1 Å². The van der Waals surface area contributed by atoms with E-state index in [1.807, 2.05) is 80.3 Å². The fourth-order valence-corrected chi connectivity index (χ4v) is 10.6. The summed E-state index contributed by atoms with van der Waals surface area (Å²) < 4.78 is 10.2. The van der Waals surface area contributed by atoms with E-state index < -0.39 is 29.3 Å². The van der Waals surface area contributed by atoms with Crippen LogP contribution >= 0.6 is 35.1 Å². The number of rotatable bonds is 17. The predicted octanol–water partition coefficient (Wildman–Crippen LogP) is 9.25. The molecule has 378 valence electrons. The minimum absolute atomic E-state index is 0.0487. The molecule has 72 heavy (non-hydrogen) atoms. The molecule has 6 amide bonds. The Morgan fingerprint density at radius 1 is 0.972 bits per heavy atom. The lowest BCUT2D eigenvalue weighted by molar-refractivity contribution is -0.158. The third-order valence-corrected chi connectivity index (χ3v) is 14.6. The molecule has 0 saturated carbocycles. The number of halogens is 2. The number of nitrogens with one attached hydrogen (secondary N) is 3. The highest BCUT2D eigenvalue weighted by atomic mass is 35.5. The average molecular weight is 1040 g/mol. The van der Waals surface area contributed by atoms with E-state index in [4.69, 9.17) is 33.7 Å². The summed E-state index contributed by atoms with van der Waals surface area (Å²) in [4.78, 5) is 83.9. The number of hydrogen-bond donors (Lipinski definition) is 4. The summed E-state index contributed by atoms with van der Waals surface area (Å²) in [5.41, 5.74) is 9.81. The zero-order valence-corrected chi connectivity index (χ0v) is 43.7. The molecule has 0 aromatic heterocycles. The molecule has 2 saturated heterocycles. The number of hydrogen-bond acceptors (Lipinski definition) is 9. The van der Waals surface area contributed by atoms with Gasteiger partial charge < -0.3 is 30.9 Å². The number of likely N-dealkylation sites (tertiary alicyclic amines) is 1. The van der Waals surface area contributed by atoms with Crippen LogP contribution in [-0.4, -0.2) is 82.1 Å². The van der Waals surface area contributed by atoms with Crippen LogP contribution in [0.15, 0.2) is 89.3 Å². The molecule has 2 unspecified atom stereocenters. The average Bonchev–Trinajstić information content (AvgIpc) is 3.67. The molecule has 0 aliphatic carbocycles. The fraction of sp³-hybridized carbons (Fsp3) is 0.400. The molecule has 7 rings (SSSR count). The smallest absolute Gasteiger partial charge is 0.255 e. The van der Waals surface area contributed by atoms with Crippen LogP contribution in [0.4, 0.5) is 5.69 Å². The van der Waals surface area contributed by atoms with E-state index in [9.17, 15) is 24.0 Å². The zero-order valence-electron chi connectivity index (χ0n) is 41.4. The van der Waals surface area contributed by atoms with Crippen molar-refractivity contribution in [2.75, 3.05) is 19.0 Å². The largest absolute Gasteiger partial charge is 0.496 e. The van der Waals surface area contributed by atoms with Crippen molar-refractivity contribution in [3.05, 3.63) is 128 Å². The lowest BCUT2D eigenvalue weighted by Gasteiger charge is -2.53. The number of amides is 6. The molecule has 3 heterocycles. The molecule has 4 aromatic carbocycles. The van der Waals surface area contributed by atoms with Crippen molar-refractivity contribution >= 4 is 82.1 Å². The molecule has 0 spiro atoms. The summed E-state index contributed by atoms with van der Waals surface area (Å²) in [5.74, 6) is 4.60. The Morgan fingerprint density at radius 2 is 1.72 bits per heavy atom. The van der Waals surface area contributed by atoms with E-state index >= 15 is 4.79 Å². The summed E-state index contributed by atoms with van der Waals surface area (Å²) in [6.07, 6.45) is 1.94. The first kappa shape index (κ1) is 53.5. The molecule has 0 bridgehead atoms. The lowest BCUT2D eigenvalue weighted by Crippen LogP contribution is -2.58. The number of benzene rings is 4. The van der Waals surface area contributed by atoms with E-state index in [-0.39, 0.29) is 83.9 Å². The second-order valence-electron chi connectivity index (χ2n) is 19.4. The normalized spacial score (nSPS) is 20.5. The van der Waals surface area contributed by atoms with Gasteiger partial charge in [-0.2, -0.15) is 0 Å². The SMILES string of the molecule is COc1cc(NC(=O)C[C@@]2(C)C[C@H](c3cccc(Cl)c3)[C@@H](c3ccc(Cl)cc3)N(C(CC(N)=NSC(C)C)C(C)C)C2=O)ccc1C(=O)NCCCC#Cc1cccc2c1CN(C1CCC(=O)NC1=O)C2=O. The van der Waals surface area contributed by atoms with Gasteiger partial charge in [0.25, 0.3) is 11.8 Å². The van der Waals surface area contributed by atoms with E-state index in [0.29, 0.717) is 64.9 Å². The zero-order chi connectivity index (χ0) is 51.9. The number of nitrogens with zero attached hydrogens (tertiary/aromatic N) is 3. The van der Waals surface area contributed by atoms with Gasteiger partial charge in [0.1, 0.15) is 17.6 Å². The Morgan fingerprint density at radius 3 is 2.42 bits per heavy atom. The molecule has 14 nitrogen and oxygen atoms in total. The highest BCUT2D eigenvalue weighted by Gasteiger charge is 2.53. The Bertz CT molecular complexity index is 2830.